The summed E-state index contributed by atoms with van der Waals surface area (Å²) >= 11 is 0. The van der Waals surface area contributed by atoms with Crippen LogP contribution < -0.4 is 10.6 Å². The number of piperidine rings is 1. The van der Waals surface area contributed by atoms with E-state index in [2.05, 4.69) is 41.7 Å². The van der Waals surface area contributed by atoms with Gasteiger partial charge in [-0.3, -0.25) is 19.1 Å². The first-order valence-corrected chi connectivity index (χ1v) is 14.3. The zero-order valence-electron chi connectivity index (χ0n) is 23.6. The number of anilines is 1. The molecule has 9 heteroatoms. The topological polar surface area (TPSA) is 106 Å². The molecule has 0 spiro atoms. The number of hydrogen-bond acceptors (Lipinski definition) is 7. The van der Waals surface area contributed by atoms with Gasteiger partial charge < -0.3 is 20.3 Å². The zero-order chi connectivity index (χ0) is 27.7. The van der Waals surface area contributed by atoms with E-state index in [1.165, 1.54) is 6.92 Å². The quantitative estimate of drug-likeness (QED) is 0.429. The number of nitrogens with zero attached hydrogens (tertiary/aromatic N) is 3. The van der Waals surface area contributed by atoms with Crippen molar-refractivity contribution in [2.24, 2.45) is 11.3 Å². The highest BCUT2D eigenvalue weighted by Crippen LogP contribution is 2.60. The van der Waals surface area contributed by atoms with Crippen molar-refractivity contribution in [1.29, 1.82) is 0 Å². The Hall–Kier alpha value is -3.04. The second-order valence-corrected chi connectivity index (χ2v) is 11.7. The number of carbonyl (C=O) groups is 3. The predicted octanol–water partition coefficient (Wildman–Crippen LogP) is 3.71. The van der Waals surface area contributed by atoms with Gasteiger partial charge in [-0.05, 0) is 49.4 Å². The Kier molecular flexibility index (Phi) is 7.91. The van der Waals surface area contributed by atoms with Crippen molar-refractivity contribution in [3.63, 3.8) is 0 Å². The molecule has 0 unspecified atom stereocenters. The third kappa shape index (κ3) is 5.52. The fraction of sp³-hybridized carbons (Fsp3) is 0.600. The van der Waals surface area contributed by atoms with Crippen LogP contribution in [0.15, 0.2) is 24.3 Å². The molecule has 1 amide bonds. The molecule has 1 aliphatic carbocycles. The van der Waals surface area contributed by atoms with Gasteiger partial charge in [0.25, 0.3) is 0 Å². The van der Waals surface area contributed by atoms with Gasteiger partial charge in [0.2, 0.25) is 5.91 Å². The molecule has 0 radical (unpaired) electrons. The summed E-state index contributed by atoms with van der Waals surface area (Å²) in [6.45, 7) is 10.9. The van der Waals surface area contributed by atoms with Gasteiger partial charge in [0.15, 0.2) is 11.6 Å². The van der Waals surface area contributed by atoms with Crippen LogP contribution in [0.1, 0.15) is 69.4 Å². The monoisotopic (exact) mass is 535 g/mol. The molecule has 5 rings (SSSR count). The molecule has 39 heavy (non-hydrogen) atoms. The first-order chi connectivity index (χ1) is 18.7. The number of aromatic nitrogens is 2. The Bertz CT molecular complexity index is 1300. The van der Waals surface area contributed by atoms with Crippen LogP contribution in [0.3, 0.4) is 0 Å². The number of amides is 1. The van der Waals surface area contributed by atoms with E-state index in [1.807, 2.05) is 19.1 Å². The van der Waals surface area contributed by atoms with E-state index in [0.29, 0.717) is 44.2 Å². The lowest BCUT2D eigenvalue weighted by atomic mass is 9.97. The molecule has 3 heterocycles. The third-order valence-electron chi connectivity index (χ3n) is 8.26. The molecule has 2 aromatic rings. The SMILES string of the molecule is CCC(=O)[C@@H]1C[C@]23COC/C=C\CCNCc4cc(NCC(C)C)cc5c(C(C)=O)nn(c45)CC(=O)N1[C@@H]2C3. The van der Waals surface area contributed by atoms with Gasteiger partial charge in [-0.1, -0.05) is 32.9 Å². The summed E-state index contributed by atoms with van der Waals surface area (Å²) in [5.74, 6) is 0.277. The van der Waals surface area contributed by atoms with E-state index in [0.717, 1.165) is 48.1 Å². The molecular formula is C30H41N5O4. The minimum atomic E-state index is -0.429. The average molecular weight is 536 g/mol. The second-order valence-electron chi connectivity index (χ2n) is 11.7. The van der Waals surface area contributed by atoms with Crippen molar-refractivity contribution in [1.82, 2.24) is 20.0 Å². The Morgan fingerprint density at radius 2 is 2.08 bits per heavy atom. The summed E-state index contributed by atoms with van der Waals surface area (Å²) in [5.41, 5.74) is 2.92. The van der Waals surface area contributed by atoms with Crippen LogP contribution in [0, 0.1) is 11.3 Å². The van der Waals surface area contributed by atoms with E-state index in [-0.39, 0.29) is 35.5 Å². The van der Waals surface area contributed by atoms with Crippen LogP contribution in [0.4, 0.5) is 5.69 Å². The smallest absolute Gasteiger partial charge is 0.245 e. The fourth-order valence-electron chi connectivity index (χ4n) is 6.18. The lowest BCUT2D eigenvalue weighted by Crippen LogP contribution is -2.44. The van der Waals surface area contributed by atoms with E-state index >= 15 is 0 Å². The summed E-state index contributed by atoms with van der Waals surface area (Å²) in [4.78, 5) is 41.3. The molecule has 2 fully saturated rings. The summed E-state index contributed by atoms with van der Waals surface area (Å²) in [5, 5.41) is 12.4. The molecule has 2 aliphatic heterocycles. The standard InChI is InChI=1S/C30H41N5O4/c1-5-25(37)24-13-30-14-26(30)35(24)27(38)17-34-29-21(16-31-9-7-6-8-10-39-18-30)11-22(32-15-19(2)3)12-23(29)28(33-34)20(4)36/h6,8,11-12,19,24,26,31-32H,5,7,9-10,13-18H2,1-4H3/b8-6-/t24-,26+,30-/m0/s1. The minimum absolute atomic E-state index is 0.00670. The molecule has 2 bridgehead atoms. The van der Waals surface area contributed by atoms with Gasteiger partial charge in [-0.25, -0.2) is 0 Å². The minimum Gasteiger partial charge on any atom is -0.385 e. The number of ether oxygens (including phenoxy) is 1. The number of nitrogens with one attached hydrogen (secondary N) is 2. The maximum absolute atomic E-state index is 13.9. The van der Waals surface area contributed by atoms with Crippen LogP contribution in [-0.4, -0.2) is 70.5 Å². The van der Waals surface area contributed by atoms with Crippen LogP contribution in [0.5, 0.6) is 0 Å². The number of benzene rings is 1. The molecular weight excluding hydrogens is 494 g/mol. The number of hydrogen-bond donors (Lipinski definition) is 2. The lowest BCUT2D eigenvalue weighted by molar-refractivity contribution is -0.139. The largest absolute Gasteiger partial charge is 0.385 e. The molecule has 210 valence electrons. The Morgan fingerprint density at radius 3 is 2.82 bits per heavy atom. The molecule has 3 aliphatic rings. The van der Waals surface area contributed by atoms with Crippen molar-refractivity contribution in [3.05, 3.63) is 35.5 Å². The maximum atomic E-state index is 13.9. The van der Waals surface area contributed by atoms with Crippen molar-refractivity contribution in [3.8, 4) is 0 Å². The summed E-state index contributed by atoms with van der Waals surface area (Å²) < 4.78 is 7.67. The highest BCUT2D eigenvalue weighted by Gasteiger charge is 2.66. The Morgan fingerprint density at radius 1 is 1.26 bits per heavy atom. The molecule has 1 saturated heterocycles. The highest BCUT2D eigenvalue weighted by molar-refractivity contribution is 6.06. The van der Waals surface area contributed by atoms with Crippen LogP contribution in [0.25, 0.3) is 10.9 Å². The normalized spacial score (nSPS) is 26.4. The number of ketones is 2. The number of carbonyl (C=O) groups excluding carboxylic acids is 3. The number of Topliss-reactive ketones (excluding diaryl/α,β-unsaturated/α-hetero) is 2. The first kappa shape index (κ1) is 27.5. The van der Waals surface area contributed by atoms with Crippen molar-refractivity contribution >= 4 is 34.1 Å². The van der Waals surface area contributed by atoms with Gasteiger partial charge in [0.1, 0.15) is 12.2 Å². The Balaban J connectivity index is 1.56. The van der Waals surface area contributed by atoms with Crippen molar-refractivity contribution < 1.29 is 19.1 Å². The maximum Gasteiger partial charge on any atom is 0.245 e. The molecule has 9 nitrogen and oxygen atoms in total. The molecule has 1 aromatic heterocycles. The van der Waals surface area contributed by atoms with Crippen LogP contribution >= 0.6 is 0 Å². The molecule has 3 atom stereocenters. The summed E-state index contributed by atoms with van der Waals surface area (Å²) in [6, 6.07) is 3.64. The van der Waals surface area contributed by atoms with Gasteiger partial charge >= 0.3 is 0 Å². The zero-order valence-corrected chi connectivity index (χ0v) is 23.6. The van der Waals surface area contributed by atoms with E-state index in [1.54, 1.807) is 9.58 Å². The molecule has 1 saturated carbocycles. The van der Waals surface area contributed by atoms with Gasteiger partial charge in [0, 0.05) is 49.0 Å². The Labute approximate surface area is 230 Å². The van der Waals surface area contributed by atoms with E-state index in [9.17, 15) is 14.4 Å². The molecule has 2 N–H and O–H groups in total. The second kappa shape index (κ2) is 11.2. The highest BCUT2D eigenvalue weighted by atomic mass is 16.5. The van der Waals surface area contributed by atoms with Crippen LogP contribution in [-0.2, 0) is 27.4 Å². The lowest BCUT2D eigenvalue weighted by Gasteiger charge is -2.26. The van der Waals surface area contributed by atoms with Gasteiger partial charge in [-0.2, -0.15) is 5.10 Å². The predicted molar refractivity (Wildman–Crippen MR) is 151 cm³/mol. The first-order valence-electron chi connectivity index (χ1n) is 14.3. The van der Waals surface area contributed by atoms with Crippen LogP contribution in [0.2, 0.25) is 0 Å². The van der Waals surface area contributed by atoms with E-state index in [4.69, 9.17) is 4.74 Å². The summed E-state index contributed by atoms with van der Waals surface area (Å²) in [6.07, 6.45) is 6.93. The summed E-state index contributed by atoms with van der Waals surface area (Å²) in [7, 11) is 0. The third-order valence-corrected chi connectivity index (χ3v) is 8.26. The van der Waals surface area contributed by atoms with Gasteiger partial charge in [0.05, 0.1) is 24.8 Å². The van der Waals surface area contributed by atoms with Crippen molar-refractivity contribution in [2.45, 2.75) is 78.6 Å². The average Bonchev–Trinajstić information content (AvgIpc) is 3.31. The fourth-order valence-corrected chi connectivity index (χ4v) is 6.18. The molecule has 1 aromatic carbocycles. The van der Waals surface area contributed by atoms with Gasteiger partial charge in [-0.15, -0.1) is 0 Å². The van der Waals surface area contributed by atoms with E-state index < -0.39 is 6.04 Å². The number of rotatable bonds is 6. The van der Waals surface area contributed by atoms with Crippen molar-refractivity contribution in [2.75, 3.05) is 31.6 Å².